The van der Waals surface area contributed by atoms with Crippen molar-refractivity contribution >= 4 is 12.6 Å². The molecule has 0 aromatic carbocycles. The average Bonchev–Trinajstić information content (AvgIpc) is 2.81. The predicted octanol–water partition coefficient (Wildman–Crippen LogP) is 2.64. The Balaban J connectivity index is 1.45. The van der Waals surface area contributed by atoms with E-state index in [1.807, 2.05) is 12.1 Å². The van der Waals surface area contributed by atoms with Crippen LogP contribution in [0.1, 0.15) is 53.4 Å². The number of hydrogen-bond acceptors (Lipinski definition) is 5. The number of likely N-dealkylation sites (tertiary alicyclic amines) is 1. The second-order valence-electron chi connectivity index (χ2n) is 8.12. The average molecular weight is 346 g/mol. The topological polar surface area (TPSA) is 43.8 Å². The summed E-state index contributed by atoms with van der Waals surface area (Å²) in [5.74, 6) is 0.666. The van der Waals surface area contributed by atoms with Crippen LogP contribution in [0.2, 0.25) is 0 Å². The molecule has 3 rings (SSSR count). The van der Waals surface area contributed by atoms with Gasteiger partial charge in [0.1, 0.15) is 0 Å². The zero-order chi connectivity index (χ0) is 17.9. The highest BCUT2D eigenvalue weighted by Crippen LogP contribution is 2.36. The molecule has 0 N–H and O–H groups in total. The third kappa shape index (κ3) is 4.55. The summed E-state index contributed by atoms with van der Waals surface area (Å²) >= 11 is 0. The minimum Gasteiger partial charge on any atom is -0.478 e. The zero-order valence-corrected chi connectivity index (χ0v) is 16.1. The Kier molecular flexibility index (Phi) is 5.71. The van der Waals surface area contributed by atoms with Crippen molar-refractivity contribution < 1.29 is 14.0 Å². The van der Waals surface area contributed by atoms with E-state index in [0.29, 0.717) is 12.5 Å². The smallest absolute Gasteiger partial charge is 0.478 e. The van der Waals surface area contributed by atoms with Crippen LogP contribution in [0.25, 0.3) is 0 Å². The molecule has 0 bridgehead atoms. The Morgan fingerprint density at radius 1 is 1.08 bits per heavy atom. The Morgan fingerprint density at radius 2 is 1.76 bits per heavy atom. The molecule has 0 spiro atoms. The van der Waals surface area contributed by atoms with Crippen LogP contribution in [0, 0.1) is 0 Å². The van der Waals surface area contributed by atoms with Crippen LogP contribution in [-0.2, 0) is 9.31 Å². The van der Waals surface area contributed by atoms with Crippen molar-refractivity contribution in [1.29, 1.82) is 0 Å². The highest BCUT2D eigenvalue weighted by molar-refractivity contribution is 6.62. The fraction of sp³-hybridized carbons (Fsp3) is 0.737. The number of hydrogen-bond donors (Lipinski definition) is 0. The molecule has 1 aromatic heterocycles. The number of nitrogens with zero attached hydrogens (tertiary/aromatic N) is 2. The molecule has 0 unspecified atom stereocenters. The standard InChI is InChI=1S/C19H31BN2O3/c1-18(2)19(3,4)25-20(24-18)16-9-10-17(21-15-16)23-14-8-13-22-11-6-5-7-12-22/h9-10,15H,5-8,11-14H2,1-4H3. The molecule has 3 heterocycles. The van der Waals surface area contributed by atoms with Gasteiger partial charge in [0.2, 0.25) is 5.88 Å². The second kappa shape index (κ2) is 7.64. The molecule has 0 atom stereocenters. The number of aromatic nitrogens is 1. The maximum absolute atomic E-state index is 6.05. The fourth-order valence-electron chi connectivity index (χ4n) is 3.24. The van der Waals surface area contributed by atoms with Gasteiger partial charge in [0, 0.05) is 18.2 Å². The molecule has 5 nitrogen and oxygen atoms in total. The van der Waals surface area contributed by atoms with Gasteiger partial charge in [-0.05, 0) is 66.1 Å². The molecule has 2 aliphatic heterocycles. The van der Waals surface area contributed by atoms with E-state index in [-0.39, 0.29) is 18.3 Å². The van der Waals surface area contributed by atoms with Gasteiger partial charge in [0.15, 0.2) is 0 Å². The second-order valence-corrected chi connectivity index (χ2v) is 8.12. The van der Waals surface area contributed by atoms with Gasteiger partial charge in [-0.1, -0.05) is 12.5 Å². The SMILES string of the molecule is CC1(C)OB(c2ccc(OCCCN3CCCCC3)nc2)OC1(C)C. The van der Waals surface area contributed by atoms with E-state index in [9.17, 15) is 0 Å². The first-order valence-corrected chi connectivity index (χ1v) is 9.54. The van der Waals surface area contributed by atoms with Gasteiger partial charge in [0.25, 0.3) is 0 Å². The highest BCUT2D eigenvalue weighted by Gasteiger charge is 2.51. The van der Waals surface area contributed by atoms with Crippen LogP contribution in [0.3, 0.4) is 0 Å². The first-order chi connectivity index (χ1) is 11.9. The van der Waals surface area contributed by atoms with Crippen LogP contribution in [0.4, 0.5) is 0 Å². The largest absolute Gasteiger partial charge is 0.496 e. The minimum atomic E-state index is -0.370. The van der Waals surface area contributed by atoms with Gasteiger partial charge in [-0.2, -0.15) is 0 Å². The zero-order valence-electron chi connectivity index (χ0n) is 16.1. The molecule has 2 saturated heterocycles. The van der Waals surface area contributed by atoms with E-state index in [1.54, 1.807) is 6.20 Å². The van der Waals surface area contributed by atoms with Crippen LogP contribution < -0.4 is 10.2 Å². The van der Waals surface area contributed by atoms with Gasteiger partial charge < -0.3 is 18.9 Å². The fourth-order valence-corrected chi connectivity index (χ4v) is 3.24. The lowest BCUT2D eigenvalue weighted by Gasteiger charge is -2.32. The van der Waals surface area contributed by atoms with Crippen molar-refractivity contribution in [2.24, 2.45) is 0 Å². The van der Waals surface area contributed by atoms with E-state index >= 15 is 0 Å². The predicted molar refractivity (Wildman–Crippen MR) is 100 cm³/mol. The number of piperidine rings is 1. The van der Waals surface area contributed by atoms with Crippen LogP contribution in [-0.4, -0.2) is 54.4 Å². The molecular weight excluding hydrogens is 315 g/mol. The van der Waals surface area contributed by atoms with E-state index in [0.717, 1.165) is 18.4 Å². The van der Waals surface area contributed by atoms with Gasteiger partial charge in [-0.25, -0.2) is 4.98 Å². The van der Waals surface area contributed by atoms with Gasteiger partial charge in [-0.15, -0.1) is 0 Å². The van der Waals surface area contributed by atoms with Crippen LogP contribution in [0.15, 0.2) is 18.3 Å². The lowest BCUT2D eigenvalue weighted by molar-refractivity contribution is 0.00578. The van der Waals surface area contributed by atoms with Crippen molar-refractivity contribution in [3.05, 3.63) is 18.3 Å². The summed E-state index contributed by atoms with van der Waals surface area (Å²) in [5, 5.41) is 0. The molecule has 0 amide bonds. The molecule has 6 heteroatoms. The molecular formula is C19H31BN2O3. The normalized spacial score (nSPS) is 23.0. The molecule has 25 heavy (non-hydrogen) atoms. The summed E-state index contributed by atoms with van der Waals surface area (Å²) in [6, 6.07) is 3.89. The number of ether oxygens (including phenoxy) is 1. The van der Waals surface area contributed by atoms with Crippen molar-refractivity contribution in [3.8, 4) is 5.88 Å². The van der Waals surface area contributed by atoms with E-state index < -0.39 is 0 Å². The van der Waals surface area contributed by atoms with Crippen molar-refractivity contribution in [1.82, 2.24) is 9.88 Å². The lowest BCUT2D eigenvalue weighted by Crippen LogP contribution is -2.41. The lowest BCUT2D eigenvalue weighted by atomic mass is 9.80. The highest BCUT2D eigenvalue weighted by atomic mass is 16.7. The van der Waals surface area contributed by atoms with Crippen LogP contribution in [0.5, 0.6) is 5.88 Å². The summed E-state index contributed by atoms with van der Waals surface area (Å²) in [5.41, 5.74) is 0.266. The molecule has 0 aliphatic carbocycles. The Morgan fingerprint density at radius 3 is 2.36 bits per heavy atom. The number of rotatable bonds is 6. The molecule has 2 fully saturated rings. The Bertz CT molecular complexity index is 540. The maximum Gasteiger partial charge on any atom is 0.496 e. The van der Waals surface area contributed by atoms with Crippen molar-refractivity contribution in [3.63, 3.8) is 0 Å². The molecule has 0 radical (unpaired) electrons. The summed E-state index contributed by atoms with van der Waals surface area (Å²) in [6.45, 7) is 12.5. The quantitative estimate of drug-likeness (QED) is 0.585. The summed E-state index contributed by atoms with van der Waals surface area (Å²) in [7, 11) is -0.370. The third-order valence-electron chi connectivity index (χ3n) is 5.60. The van der Waals surface area contributed by atoms with Gasteiger partial charge >= 0.3 is 7.12 Å². The van der Waals surface area contributed by atoms with Gasteiger partial charge in [-0.3, -0.25) is 0 Å². The van der Waals surface area contributed by atoms with E-state index in [2.05, 4.69) is 37.6 Å². The van der Waals surface area contributed by atoms with E-state index in [4.69, 9.17) is 14.0 Å². The van der Waals surface area contributed by atoms with Gasteiger partial charge in [0.05, 0.1) is 17.8 Å². The van der Waals surface area contributed by atoms with E-state index in [1.165, 1.54) is 32.4 Å². The van der Waals surface area contributed by atoms with Crippen LogP contribution >= 0.6 is 0 Å². The molecule has 0 saturated carbocycles. The summed E-state index contributed by atoms with van der Waals surface area (Å²) < 4.78 is 17.9. The minimum absolute atomic E-state index is 0.332. The Labute approximate surface area is 152 Å². The Hall–Kier alpha value is -1.11. The summed E-state index contributed by atoms with van der Waals surface area (Å²) in [4.78, 5) is 6.94. The molecule has 138 valence electrons. The number of pyridine rings is 1. The molecule has 2 aliphatic rings. The maximum atomic E-state index is 6.05. The summed E-state index contributed by atoms with van der Waals surface area (Å²) in [6.07, 6.45) is 6.89. The van der Waals surface area contributed by atoms with Crippen molar-refractivity contribution in [2.45, 2.75) is 64.6 Å². The monoisotopic (exact) mass is 346 g/mol. The molecule has 1 aromatic rings. The third-order valence-corrected chi connectivity index (χ3v) is 5.60. The first kappa shape index (κ1) is 18.7. The van der Waals surface area contributed by atoms with Crippen molar-refractivity contribution in [2.75, 3.05) is 26.2 Å². The first-order valence-electron chi connectivity index (χ1n) is 9.54.